The van der Waals surface area contributed by atoms with Gasteiger partial charge in [0.1, 0.15) is 5.75 Å². The molecule has 1 N–H and O–H groups in total. The van der Waals surface area contributed by atoms with Crippen LogP contribution in [0.4, 0.5) is 0 Å². The summed E-state index contributed by atoms with van der Waals surface area (Å²) in [5, 5.41) is 3.41. The molecule has 0 radical (unpaired) electrons. The van der Waals surface area contributed by atoms with Gasteiger partial charge in [-0.15, -0.1) is 0 Å². The van der Waals surface area contributed by atoms with Crippen LogP contribution in [0.5, 0.6) is 5.75 Å². The molecular weight excluding hydrogens is 324 g/mol. The first-order valence-electron chi connectivity index (χ1n) is 10.3. The second-order valence-electron chi connectivity index (χ2n) is 8.86. The predicted octanol–water partition coefficient (Wildman–Crippen LogP) is 2.30. The molecule has 4 rings (SSSR count). The van der Waals surface area contributed by atoms with Gasteiger partial charge >= 0.3 is 0 Å². The van der Waals surface area contributed by atoms with Crippen LogP contribution in [0, 0.1) is 5.41 Å². The van der Waals surface area contributed by atoms with Gasteiger partial charge in [-0.2, -0.15) is 0 Å². The first-order valence-corrected chi connectivity index (χ1v) is 10.3. The zero-order valence-electron chi connectivity index (χ0n) is 16.6. The smallest absolute Gasteiger partial charge is 0.127 e. The maximum absolute atomic E-state index is 6.44. The molecule has 1 atom stereocenters. The lowest BCUT2D eigenvalue weighted by Crippen LogP contribution is -2.62. The van der Waals surface area contributed by atoms with Crippen LogP contribution in [0.1, 0.15) is 43.9 Å². The first-order chi connectivity index (χ1) is 12.6. The van der Waals surface area contributed by atoms with Crippen molar-refractivity contribution < 1.29 is 4.74 Å². The zero-order chi connectivity index (χ0) is 18.1. The van der Waals surface area contributed by atoms with Crippen molar-refractivity contribution in [1.82, 2.24) is 20.1 Å². The molecule has 3 heterocycles. The summed E-state index contributed by atoms with van der Waals surface area (Å²) in [7, 11) is 4.33. The summed E-state index contributed by atoms with van der Waals surface area (Å²) in [6, 6.07) is 2.74. The minimum atomic E-state index is 0.398. The Morgan fingerprint density at radius 3 is 2.85 bits per heavy atom. The van der Waals surface area contributed by atoms with E-state index in [0.717, 1.165) is 31.8 Å². The number of ether oxygens (including phenoxy) is 1. The molecule has 3 aliphatic rings. The van der Waals surface area contributed by atoms with Gasteiger partial charge < -0.3 is 15.0 Å². The van der Waals surface area contributed by atoms with Crippen LogP contribution >= 0.6 is 0 Å². The Bertz CT molecular complexity index is 620. The number of nitrogens with one attached hydrogen (secondary N) is 1. The van der Waals surface area contributed by atoms with E-state index in [1.165, 1.54) is 50.0 Å². The molecule has 2 fully saturated rings. The Balaban J connectivity index is 1.42. The van der Waals surface area contributed by atoms with Crippen LogP contribution in [0.2, 0.25) is 0 Å². The van der Waals surface area contributed by atoms with Crippen molar-refractivity contribution in [3.8, 4) is 5.75 Å². The second kappa shape index (κ2) is 7.45. The average molecular weight is 359 g/mol. The van der Waals surface area contributed by atoms with Crippen LogP contribution in [-0.4, -0.2) is 67.2 Å². The third-order valence-electron chi connectivity index (χ3n) is 6.61. The summed E-state index contributed by atoms with van der Waals surface area (Å²) in [6.07, 6.45) is 8.23. The Kier molecular flexibility index (Phi) is 5.22. The fourth-order valence-corrected chi connectivity index (χ4v) is 4.84. The van der Waals surface area contributed by atoms with E-state index in [0.29, 0.717) is 17.6 Å². The van der Waals surface area contributed by atoms with E-state index in [2.05, 4.69) is 47.2 Å². The van der Waals surface area contributed by atoms with Gasteiger partial charge in [-0.25, -0.2) is 0 Å². The van der Waals surface area contributed by atoms with E-state index in [1.54, 1.807) is 0 Å². The molecule has 1 unspecified atom stereocenters. The number of hydrogen-bond acceptors (Lipinski definition) is 5. The molecule has 1 saturated heterocycles. The maximum atomic E-state index is 6.44. The van der Waals surface area contributed by atoms with Crippen LogP contribution in [-0.2, 0) is 13.0 Å². The van der Waals surface area contributed by atoms with Gasteiger partial charge in [0.05, 0.1) is 6.10 Å². The molecular formula is C21H34N4O. The zero-order valence-corrected chi connectivity index (χ0v) is 16.6. The van der Waals surface area contributed by atoms with Crippen LogP contribution in [0.25, 0.3) is 0 Å². The fourth-order valence-electron chi connectivity index (χ4n) is 4.84. The molecule has 5 nitrogen and oxygen atoms in total. The van der Waals surface area contributed by atoms with Crippen molar-refractivity contribution in [3.05, 3.63) is 23.5 Å². The molecule has 5 heteroatoms. The minimum absolute atomic E-state index is 0.398. The van der Waals surface area contributed by atoms with Crippen molar-refractivity contribution >= 4 is 0 Å². The summed E-state index contributed by atoms with van der Waals surface area (Å²) in [5.74, 6) is 1.09. The third-order valence-corrected chi connectivity index (χ3v) is 6.61. The first kappa shape index (κ1) is 18.2. The Morgan fingerprint density at radius 2 is 2.19 bits per heavy atom. The summed E-state index contributed by atoms with van der Waals surface area (Å²) in [6.45, 7) is 7.93. The van der Waals surface area contributed by atoms with Crippen molar-refractivity contribution in [1.29, 1.82) is 0 Å². The van der Waals surface area contributed by atoms with E-state index in [4.69, 9.17) is 4.74 Å². The highest BCUT2D eigenvalue weighted by atomic mass is 16.5. The van der Waals surface area contributed by atoms with E-state index < -0.39 is 0 Å². The lowest BCUT2D eigenvalue weighted by Gasteiger charge is -2.53. The normalized spacial score (nSPS) is 23.4. The molecule has 1 saturated carbocycles. The molecule has 1 spiro atoms. The molecule has 0 amide bonds. The van der Waals surface area contributed by atoms with Crippen LogP contribution < -0.4 is 10.1 Å². The van der Waals surface area contributed by atoms with Gasteiger partial charge in [0, 0.05) is 61.5 Å². The minimum Gasteiger partial charge on any atom is -0.490 e. The predicted molar refractivity (Wildman–Crippen MR) is 105 cm³/mol. The van der Waals surface area contributed by atoms with E-state index in [-0.39, 0.29) is 0 Å². The molecule has 1 aliphatic carbocycles. The Hall–Kier alpha value is -1.17. The SMILES string of the molecule is CCC(CCN(C)C)N1CCc2nccc(OC3CC4(CNC4)C3)c2C1. The Morgan fingerprint density at radius 1 is 1.38 bits per heavy atom. The molecule has 1 aromatic rings. The average Bonchev–Trinajstić information content (AvgIpc) is 2.56. The molecule has 0 aromatic carbocycles. The quantitative estimate of drug-likeness (QED) is 0.810. The lowest BCUT2D eigenvalue weighted by atomic mass is 9.63. The van der Waals surface area contributed by atoms with Gasteiger partial charge in [-0.1, -0.05) is 6.92 Å². The molecule has 1 aromatic heterocycles. The summed E-state index contributed by atoms with van der Waals surface area (Å²) in [5.41, 5.74) is 3.15. The fraction of sp³-hybridized carbons (Fsp3) is 0.762. The van der Waals surface area contributed by atoms with E-state index in [9.17, 15) is 0 Å². The maximum Gasteiger partial charge on any atom is 0.127 e. The van der Waals surface area contributed by atoms with Gasteiger partial charge in [0.2, 0.25) is 0 Å². The summed E-state index contributed by atoms with van der Waals surface area (Å²) < 4.78 is 6.44. The highest BCUT2D eigenvalue weighted by Crippen LogP contribution is 2.46. The van der Waals surface area contributed by atoms with E-state index >= 15 is 0 Å². The topological polar surface area (TPSA) is 40.6 Å². The molecule has 26 heavy (non-hydrogen) atoms. The van der Waals surface area contributed by atoms with E-state index in [1.807, 2.05) is 6.20 Å². The van der Waals surface area contributed by atoms with Gasteiger partial charge in [0.15, 0.2) is 0 Å². The largest absolute Gasteiger partial charge is 0.490 e. The number of hydrogen-bond donors (Lipinski definition) is 1. The number of pyridine rings is 1. The Labute approximate surface area is 158 Å². The highest BCUT2D eigenvalue weighted by Gasteiger charge is 2.49. The van der Waals surface area contributed by atoms with Crippen molar-refractivity contribution in [2.45, 2.75) is 57.7 Å². The molecule has 144 valence electrons. The number of aromatic nitrogens is 1. The third kappa shape index (κ3) is 3.62. The van der Waals surface area contributed by atoms with Gasteiger partial charge in [-0.3, -0.25) is 9.88 Å². The summed E-state index contributed by atoms with van der Waals surface area (Å²) in [4.78, 5) is 9.60. The lowest BCUT2D eigenvalue weighted by molar-refractivity contribution is -0.0503. The second-order valence-corrected chi connectivity index (χ2v) is 8.86. The monoisotopic (exact) mass is 358 g/mol. The number of rotatable bonds is 7. The van der Waals surface area contributed by atoms with Crippen molar-refractivity contribution in [3.63, 3.8) is 0 Å². The summed E-state index contributed by atoms with van der Waals surface area (Å²) >= 11 is 0. The molecule has 0 bridgehead atoms. The van der Waals surface area contributed by atoms with Crippen LogP contribution in [0.3, 0.4) is 0 Å². The van der Waals surface area contributed by atoms with Crippen molar-refractivity contribution in [2.24, 2.45) is 5.41 Å². The standard InChI is InChI=1S/C21H34N4O/c1-4-16(6-9-24(2)3)25-10-7-19-18(13-25)20(5-8-23-19)26-17-11-21(12-17)14-22-15-21/h5,8,16-17,22H,4,6-7,9-15H2,1-3H3. The molecule has 2 aliphatic heterocycles. The van der Waals surface area contributed by atoms with Gasteiger partial charge in [-0.05, 0) is 52.4 Å². The van der Waals surface area contributed by atoms with Gasteiger partial charge in [0.25, 0.3) is 0 Å². The number of nitrogens with zero attached hydrogens (tertiary/aromatic N) is 3. The van der Waals surface area contributed by atoms with Crippen molar-refractivity contribution in [2.75, 3.05) is 40.3 Å². The van der Waals surface area contributed by atoms with Crippen LogP contribution in [0.15, 0.2) is 12.3 Å². The highest BCUT2D eigenvalue weighted by molar-refractivity contribution is 5.38. The number of fused-ring (bicyclic) bond motifs is 1.